The molecule has 0 spiro atoms. The van der Waals surface area contributed by atoms with Crippen LogP contribution in [0, 0.1) is 5.92 Å². The molecule has 1 rings (SSSR count). The van der Waals surface area contributed by atoms with Crippen LogP contribution >= 0.6 is 11.6 Å². The van der Waals surface area contributed by atoms with Gasteiger partial charge in [0.15, 0.2) is 6.07 Å². The highest BCUT2D eigenvalue weighted by molar-refractivity contribution is 6.17. The number of amides is 1. The first-order valence-corrected chi connectivity index (χ1v) is 7.06. The van der Waals surface area contributed by atoms with Gasteiger partial charge in [0, 0.05) is 6.04 Å². The second kappa shape index (κ2) is 6.98. The van der Waals surface area contributed by atoms with E-state index in [1.807, 2.05) is 20.8 Å². The van der Waals surface area contributed by atoms with Crippen molar-refractivity contribution >= 4 is 23.7 Å². The maximum absolute atomic E-state index is 11.7. The molecule has 2 unspecified atom stereocenters. The van der Waals surface area contributed by atoms with Crippen LogP contribution in [0.5, 0.6) is 0 Å². The number of hydrogen-bond donors (Lipinski definition) is 1. The van der Waals surface area contributed by atoms with E-state index in [-0.39, 0.29) is 30.4 Å². The van der Waals surface area contributed by atoms with Gasteiger partial charge in [0.05, 0.1) is 6.42 Å². The van der Waals surface area contributed by atoms with Crippen molar-refractivity contribution in [1.82, 2.24) is 5.32 Å². The molecule has 1 saturated carbocycles. The largest absolute Gasteiger partial charge is 0.449 e. The maximum atomic E-state index is 11.7. The fraction of sp³-hybridized carbons (Fsp3) is 0.846. The highest BCUT2D eigenvalue weighted by Crippen LogP contribution is 2.29. The molecule has 19 heavy (non-hydrogen) atoms. The summed E-state index contributed by atoms with van der Waals surface area (Å²) in [4.78, 5) is 23.1. The Morgan fingerprint density at radius 2 is 2.00 bits per heavy atom. The van der Waals surface area contributed by atoms with Gasteiger partial charge in [-0.3, -0.25) is 4.79 Å². The molecule has 2 atom stereocenters. The normalized spacial score (nSPS) is 22.9. The van der Waals surface area contributed by atoms with Crippen molar-refractivity contribution in [3.63, 3.8) is 0 Å². The van der Waals surface area contributed by atoms with Crippen LogP contribution in [0.25, 0.3) is 0 Å². The van der Waals surface area contributed by atoms with Crippen molar-refractivity contribution in [2.45, 2.75) is 58.1 Å². The lowest BCUT2D eigenvalue weighted by molar-refractivity contribution is -0.142. The molecule has 0 aromatic carbocycles. The molecule has 1 amide bonds. The summed E-state index contributed by atoms with van der Waals surface area (Å²) in [5, 5.41) is 2.83. The maximum Gasteiger partial charge on any atom is 0.407 e. The third-order valence-electron chi connectivity index (χ3n) is 3.01. The van der Waals surface area contributed by atoms with E-state index in [1.165, 1.54) is 0 Å². The predicted molar refractivity (Wildman–Crippen MR) is 71.9 cm³/mol. The zero-order chi connectivity index (χ0) is 14.5. The average molecular weight is 292 g/mol. The number of carbonyl (C=O) groups excluding carboxylic acids is 2. The molecule has 5 nitrogen and oxygen atoms in total. The number of alkyl carbamates (subject to hydrolysis) is 1. The van der Waals surface area contributed by atoms with E-state index in [0.29, 0.717) is 0 Å². The summed E-state index contributed by atoms with van der Waals surface area (Å²) in [6.07, 6.45) is 2.60. The monoisotopic (exact) mass is 291 g/mol. The van der Waals surface area contributed by atoms with Crippen LogP contribution in [-0.2, 0) is 14.3 Å². The summed E-state index contributed by atoms with van der Waals surface area (Å²) < 4.78 is 9.93. The van der Waals surface area contributed by atoms with Crippen molar-refractivity contribution < 1.29 is 19.1 Å². The molecule has 0 saturated heterocycles. The van der Waals surface area contributed by atoms with E-state index in [9.17, 15) is 9.59 Å². The number of ether oxygens (including phenoxy) is 2. The summed E-state index contributed by atoms with van der Waals surface area (Å²) in [5.74, 6) is -0.221. The Hall–Kier alpha value is -0.970. The van der Waals surface area contributed by atoms with Gasteiger partial charge in [-0.25, -0.2) is 4.79 Å². The first-order valence-electron chi connectivity index (χ1n) is 6.53. The number of nitrogens with one attached hydrogen (secondary N) is 1. The molecule has 1 aliphatic carbocycles. The molecule has 0 aromatic heterocycles. The van der Waals surface area contributed by atoms with E-state index < -0.39 is 11.7 Å². The van der Waals surface area contributed by atoms with Gasteiger partial charge >= 0.3 is 12.1 Å². The molecule has 6 heteroatoms. The second-order valence-electron chi connectivity index (χ2n) is 5.77. The van der Waals surface area contributed by atoms with E-state index in [2.05, 4.69) is 5.32 Å². The number of alkyl halides is 1. The molecule has 1 fully saturated rings. The van der Waals surface area contributed by atoms with Gasteiger partial charge in [0.2, 0.25) is 0 Å². The Labute approximate surface area is 119 Å². The van der Waals surface area contributed by atoms with Crippen LogP contribution in [0.15, 0.2) is 0 Å². The molecule has 0 bridgehead atoms. The Morgan fingerprint density at radius 1 is 1.32 bits per heavy atom. The average Bonchev–Trinajstić information content (AvgIpc) is 2.62. The molecule has 0 radical (unpaired) electrons. The minimum Gasteiger partial charge on any atom is -0.449 e. The Balaban J connectivity index is 2.43. The first-order chi connectivity index (χ1) is 8.81. The molecule has 1 N–H and O–H groups in total. The zero-order valence-electron chi connectivity index (χ0n) is 11.7. The van der Waals surface area contributed by atoms with Gasteiger partial charge in [-0.15, -0.1) is 0 Å². The number of rotatable bonds is 4. The van der Waals surface area contributed by atoms with Gasteiger partial charge in [0.1, 0.15) is 5.60 Å². The van der Waals surface area contributed by atoms with Crippen LogP contribution in [-0.4, -0.2) is 29.8 Å². The van der Waals surface area contributed by atoms with Crippen LogP contribution in [0.1, 0.15) is 46.5 Å². The summed E-state index contributed by atoms with van der Waals surface area (Å²) >= 11 is 5.34. The Kier molecular flexibility index (Phi) is 5.91. The predicted octanol–water partition coefficient (Wildman–Crippen LogP) is 2.81. The highest BCUT2D eigenvalue weighted by atomic mass is 35.5. The highest BCUT2D eigenvalue weighted by Gasteiger charge is 2.31. The fourth-order valence-electron chi connectivity index (χ4n) is 2.26. The lowest BCUT2D eigenvalue weighted by atomic mass is 10.00. The molecular formula is C13H22ClNO4. The summed E-state index contributed by atoms with van der Waals surface area (Å²) in [6.45, 7) is 5.45. The molecule has 0 aliphatic heterocycles. The van der Waals surface area contributed by atoms with Crippen LogP contribution in [0.4, 0.5) is 4.79 Å². The quantitative estimate of drug-likeness (QED) is 0.639. The smallest absolute Gasteiger partial charge is 0.407 e. The SMILES string of the molecule is CC(C)(C)OC(=O)NC1CCCC1CC(=O)OCCl. The van der Waals surface area contributed by atoms with Gasteiger partial charge in [-0.05, 0) is 39.5 Å². The topological polar surface area (TPSA) is 64.6 Å². The fourth-order valence-corrected chi connectivity index (χ4v) is 2.39. The summed E-state index contributed by atoms with van der Waals surface area (Å²) in [6, 6.07) is -0.159. The molecule has 110 valence electrons. The van der Waals surface area contributed by atoms with Crippen LogP contribution < -0.4 is 5.32 Å². The van der Waals surface area contributed by atoms with Crippen molar-refractivity contribution in [3.8, 4) is 0 Å². The van der Waals surface area contributed by atoms with Gasteiger partial charge in [0.25, 0.3) is 0 Å². The molecular weight excluding hydrogens is 270 g/mol. The van der Waals surface area contributed by atoms with E-state index in [4.69, 9.17) is 21.1 Å². The van der Waals surface area contributed by atoms with E-state index >= 15 is 0 Å². The molecule has 1 aliphatic rings. The molecule has 0 heterocycles. The number of esters is 1. The second-order valence-corrected chi connectivity index (χ2v) is 5.99. The summed E-state index contributed by atoms with van der Waals surface area (Å²) in [7, 11) is 0. The standard InChI is InChI=1S/C13H22ClNO4/c1-13(2,3)19-12(17)15-10-6-4-5-9(10)7-11(16)18-8-14/h9-10H,4-8H2,1-3H3,(H,15,17). The van der Waals surface area contributed by atoms with Crippen molar-refractivity contribution in [2.24, 2.45) is 5.92 Å². The lowest BCUT2D eigenvalue weighted by Crippen LogP contribution is -2.41. The lowest BCUT2D eigenvalue weighted by Gasteiger charge is -2.24. The van der Waals surface area contributed by atoms with Crippen LogP contribution in [0.3, 0.4) is 0 Å². The third kappa shape index (κ3) is 6.14. The van der Waals surface area contributed by atoms with Crippen molar-refractivity contribution in [1.29, 1.82) is 0 Å². The van der Waals surface area contributed by atoms with Gasteiger partial charge < -0.3 is 14.8 Å². The minimum atomic E-state index is -0.518. The Morgan fingerprint density at radius 3 is 2.58 bits per heavy atom. The first kappa shape index (κ1) is 16.1. The minimum absolute atomic E-state index is 0.0299. The Bertz CT molecular complexity index is 327. The van der Waals surface area contributed by atoms with Crippen molar-refractivity contribution in [2.75, 3.05) is 6.07 Å². The number of halogens is 1. The van der Waals surface area contributed by atoms with Crippen LogP contribution in [0.2, 0.25) is 0 Å². The summed E-state index contributed by atoms with van der Waals surface area (Å²) in [5.41, 5.74) is -0.518. The van der Waals surface area contributed by atoms with Gasteiger partial charge in [-0.2, -0.15) is 0 Å². The van der Waals surface area contributed by atoms with E-state index in [1.54, 1.807) is 0 Å². The van der Waals surface area contributed by atoms with Crippen molar-refractivity contribution in [3.05, 3.63) is 0 Å². The molecule has 0 aromatic rings. The van der Waals surface area contributed by atoms with E-state index in [0.717, 1.165) is 19.3 Å². The third-order valence-corrected chi connectivity index (χ3v) is 3.11. The number of hydrogen-bond acceptors (Lipinski definition) is 4. The number of carbonyl (C=O) groups is 2. The zero-order valence-corrected chi connectivity index (χ0v) is 12.5. The van der Waals surface area contributed by atoms with Gasteiger partial charge in [-0.1, -0.05) is 18.0 Å².